The van der Waals surface area contributed by atoms with Crippen LogP contribution >= 0.6 is 11.3 Å². The van der Waals surface area contributed by atoms with E-state index in [0.29, 0.717) is 22.9 Å². The van der Waals surface area contributed by atoms with Gasteiger partial charge in [-0.25, -0.2) is 13.8 Å². The number of aryl methyl sites for hydroxylation is 4. The van der Waals surface area contributed by atoms with Crippen LogP contribution in [0.3, 0.4) is 0 Å². The summed E-state index contributed by atoms with van der Waals surface area (Å²) in [5, 5.41) is 4.81. The summed E-state index contributed by atoms with van der Waals surface area (Å²) in [4.78, 5) is 19.2. The van der Waals surface area contributed by atoms with Crippen LogP contribution in [0.5, 0.6) is 0 Å². The summed E-state index contributed by atoms with van der Waals surface area (Å²) in [6.45, 7) is 8.68. The summed E-state index contributed by atoms with van der Waals surface area (Å²) in [6.07, 6.45) is 0.186. The van der Waals surface area contributed by atoms with Crippen molar-refractivity contribution < 1.29 is 13.6 Å². The second-order valence-electron chi connectivity index (χ2n) is 8.02. The fourth-order valence-corrected chi connectivity index (χ4v) is 4.72. The van der Waals surface area contributed by atoms with Gasteiger partial charge in [0.25, 0.3) is 0 Å². The topological polar surface area (TPSA) is 51.0 Å². The van der Waals surface area contributed by atoms with Gasteiger partial charge in [0.15, 0.2) is 10.9 Å². The van der Waals surface area contributed by atoms with Crippen molar-refractivity contribution in [3.63, 3.8) is 0 Å². The molecule has 0 fully saturated rings. The monoisotopic (exact) mass is 454 g/mol. The maximum atomic E-state index is 14.2. The minimum absolute atomic E-state index is 0.0708. The van der Waals surface area contributed by atoms with Gasteiger partial charge in [0, 0.05) is 18.3 Å². The maximum absolute atomic E-state index is 14.2. The average Bonchev–Trinajstić information content (AvgIpc) is 3.27. The lowest BCUT2D eigenvalue weighted by Crippen LogP contribution is -2.35. The number of aromatic nitrogens is 3. The molecule has 0 aliphatic rings. The van der Waals surface area contributed by atoms with Gasteiger partial charge in [0.05, 0.1) is 23.4 Å². The number of thiazole rings is 1. The van der Waals surface area contributed by atoms with Gasteiger partial charge >= 0.3 is 0 Å². The Hall–Kier alpha value is -3.13. The molecule has 4 rings (SSSR count). The molecular weight excluding hydrogens is 430 g/mol. The lowest BCUT2D eigenvalue weighted by Gasteiger charge is -2.20. The highest BCUT2D eigenvalue weighted by molar-refractivity contribution is 7.22. The SMILES string of the molecule is Cc1cc(C)n(CCN(C(=O)Cc2ccc(C)c(C)c2)c2nc3c(F)cc(F)cc3s2)n1. The molecule has 0 aliphatic heterocycles. The Labute approximate surface area is 189 Å². The Balaban J connectivity index is 1.66. The van der Waals surface area contributed by atoms with Gasteiger partial charge in [-0.1, -0.05) is 29.5 Å². The molecule has 32 heavy (non-hydrogen) atoms. The molecule has 0 N–H and O–H groups in total. The van der Waals surface area contributed by atoms with Crippen LogP contribution in [0.1, 0.15) is 28.1 Å². The second-order valence-corrected chi connectivity index (χ2v) is 9.03. The lowest BCUT2D eigenvalue weighted by atomic mass is 10.0. The molecule has 0 aliphatic carbocycles. The summed E-state index contributed by atoms with van der Waals surface area (Å²) >= 11 is 1.11. The highest BCUT2D eigenvalue weighted by Crippen LogP contribution is 2.31. The molecule has 1 amide bonds. The smallest absolute Gasteiger partial charge is 0.233 e. The van der Waals surface area contributed by atoms with Gasteiger partial charge in [-0.05, 0) is 56.5 Å². The van der Waals surface area contributed by atoms with Crippen LogP contribution in [0.4, 0.5) is 13.9 Å². The molecule has 2 heterocycles. The molecule has 8 heteroatoms. The van der Waals surface area contributed by atoms with Crippen molar-refractivity contribution in [2.75, 3.05) is 11.4 Å². The van der Waals surface area contributed by atoms with Crippen LogP contribution in [0.25, 0.3) is 10.2 Å². The van der Waals surface area contributed by atoms with Crippen molar-refractivity contribution in [3.8, 4) is 0 Å². The average molecular weight is 455 g/mol. The third kappa shape index (κ3) is 4.55. The van der Waals surface area contributed by atoms with E-state index in [0.717, 1.165) is 45.5 Å². The molecule has 4 aromatic rings. The molecule has 0 radical (unpaired) electrons. The summed E-state index contributed by atoms with van der Waals surface area (Å²) in [5.74, 6) is -1.56. The third-order valence-corrected chi connectivity index (χ3v) is 6.52. The number of hydrogen-bond acceptors (Lipinski definition) is 4. The number of nitrogens with zero attached hydrogens (tertiary/aromatic N) is 4. The molecule has 5 nitrogen and oxygen atoms in total. The zero-order valence-corrected chi connectivity index (χ0v) is 19.3. The van der Waals surface area contributed by atoms with E-state index in [9.17, 15) is 13.6 Å². The highest BCUT2D eigenvalue weighted by Gasteiger charge is 2.22. The standard InChI is InChI=1S/C24H24F2N4OS/c1-14-5-6-18(9-15(14)2)11-22(31)29(7-8-30-17(4)10-16(3)28-30)24-27-23-20(26)12-19(25)13-21(23)32-24/h5-6,9-10,12-13H,7-8,11H2,1-4H3. The molecule has 2 aromatic heterocycles. The molecular formula is C24H24F2N4OS. The summed E-state index contributed by atoms with van der Waals surface area (Å²) in [7, 11) is 0. The van der Waals surface area contributed by atoms with Crippen molar-refractivity contribution in [2.24, 2.45) is 0 Å². The number of rotatable bonds is 6. The number of carbonyl (C=O) groups excluding carboxylic acids is 1. The van der Waals surface area contributed by atoms with Crippen LogP contribution in [-0.2, 0) is 17.8 Å². The summed E-state index contributed by atoms with van der Waals surface area (Å²) in [6, 6.07) is 9.95. The van der Waals surface area contributed by atoms with Crippen molar-refractivity contribution in [1.29, 1.82) is 0 Å². The lowest BCUT2D eigenvalue weighted by molar-refractivity contribution is -0.118. The van der Waals surface area contributed by atoms with E-state index in [4.69, 9.17) is 0 Å². The van der Waals surface area contributed by atoms with Gasteiger partial charge in [0.2, 0.25) is 5.91 Å². The van der Waals surface area contributed by atoms with E-state index in [1.807, 2.05) is 56.6 Å². The number of halogens is 2. The van der Waals surface area contributed by atoms with Crippen LogP contribution in [0.2, 0.25) is 0 Å². The fourth-order valence-electron chi connectivity index (χ4n) is 3.67. The summed E-state index contributed by atoms with van der Waals surface area (Å²) < 4.78 is 30.1. The predicted octanol–water partition coefficient (Wildman–Crippen LogP) is 5.28. The predicted molar refractivity (Wildman–Crippen MR) is 123 cm³/mol. The summed E-state index contributed by atoms with van der Waals surface area (Å²) in [5.41, 5.74) is 5.12. The molecule has 0 saturated carbocycles. The zero-order valence-electron chi connectivity index (χ0n) is 18.4. The van der Waals surface area contributed by atoms with Crippen LogP contribution in [0.15, 0.2) is 36.4 Å². The molecule has 0 spiro atoms. The Morgan fingerprint density at radius 1 is 1.06 bits per heavy atom. The van der Waals surface area contributed by atoms with E-state index in [1.165, 1.54) is 6.07 Å². The molecule has 2 aromatic carbocycles. The van der Waals surface area contributed by atoms with Crippen LogP contribution < -0.4 is 4.90 Å². The Kier molecular flexibility index (Phi) is 6.06. The van der Waals surface area contributed by atoms with E-state index < -0.39 is 11.6 Å². The number of hydrogen-bond donors (Lipinski definition) is 0. The number of amides is 1. The van der Waals surface area contributed by atoms with Crippen LogP contribution in [-0.4, -0.2) is 27.2 Å². The van der Waals surface area contributed by atoms with E-state index in [1.54, 1.807) is 4.90 Å². The normalized spacial score (nSPS) is 11.3. The van der Waals surface area contributed by atoms with Crippen molar-refractivity contribution in [2.45, 2.75) is 40.7 Å². The van der Waals surface area contributed by atoms with Crippen molar-refractivity contribution >= 4 is 32.6 Å². The van der Waals surface area contributed by atoms with E-state index in [-0.39, 0.29) is 17.8 Å². The Bertz CT molecular complexity index is 1310. The molecule has 166 valence electrons. The molecule has 0 unspecified atom stereocenters. The minimum atomic E-state index is -0.734. The van der Waals surface area contributed by atoms with Gasteiger partial charge in [-0.15, -0.1) is 0 Å². The highest BCUT2D eigenvalue weighted by atomic mass is 32.1. The van der Waals surface area contributed by atoms with E-state index >= 15 is 0 Å². The number of fused-ring (bicyclic) bond motifs is 1. The third-order valence-electron chi connectivity index (χ3n) is 5.50. The van der Waals surface area contributed by atoms with E-state index in [2.05, 4.69) is 10.1 Å². The number of benzene rings is 2. The van der Waals surface area contributed by atoms with Gasteiger partial charge in [-0.3, -0.25) is 14.4 Å². The molecule has 0 saturated heterocycles. The minimum Gasteiger partial charge on any atom is -0.286 e. The first-order valence-electron chi connectivity index (χ1n) is 10.3. The first-order chi connectivity index (χ1) is 15.2. The molecule has 0 bridgehead atoms. The van der Waals surface area contributed by atoms with Crippen molar-refractivity contribution in [3.05, 3.63) is 76.1 Å². The number of anilines is 1. The zero-order chi connectivity index (χ0) is 23.0. The van der Waals surface area contributed by atoms with Crippen molar-refractivity contribution in [1.82, 2.24) is 14.8 Å². The quantitative estimate of drug-likeness (QED) is 0.398. The molecule has 0 atom stereocenters. The Morgan fingerprint density at radius 3 is 2.53 bits per heavy atom. The Morgan fingerprint density at radius 2 is 1.84 bits per heavy atom. The maximum Gasteiger partial charge on any atom is 0.233 e. The second kappa shape index (κ2) is 8.78. The fraction of sp³-hybridized carbons (Fsp3) is 0.292. The van der Waals surface area contributed by atoms with Gasteiger partial charge < -0.3 is 0 Å². The van der Waals surface area contributed by atoms with Crippen LogP contribution in [0, 0.1) is 39.3 Å². The van der Waals surface area contributed by atoms with Gasteiger partial charge in [0.1, 0.15) is 11.3 Å². The van der Waals surface area contributed by atoms with Gasteiger partial charge in [-0.2, -0.15) is 5.10 Å². The largest absolute Gasteiger partial charge is 0.286 e. The number of carbonyl (C=O) groups is 1. The first kappa shape index (κ1) is 22.1. The first-order valence-corrected chi connectivity index (χ1v) is 11.2.